The fourth-order valence-corrected chi connectivity index (χ4v) is 1.90. The molecule has 1 fully saturated rings. The van der Waals surface area contributed by atoms with Crippen molar-refractivity contribution in [3.8, 4) is 0 Å². The molecule has 1 aromatic rings. The lowest BCUT2D eigenvalue weighted by Gasteiger charge is -2.11. The summed E-state index contributed by atoms with van der Waals surface area (Å²) >= 11 is 5.64. The van der Waals surface area contributed by atoms with Crippen LogP contribution >= 0.6 is 11.6 Å². The Morgan fingerprint density at radius 3 is 3.00 bits per heavy atom. The minimum absolute atomic E-state index is 0.0166. The molecule has 0 spiro atoms. The number of nitro groups is 1. The second kappa shape index (κ2) is 5.13. The van der Waals surface area contributed by atoms with Crippen molar-refractivity contribution in [1.29, 1.82) is 0 Å². The molecular formula is C9H10ClN5O3. The highest BCUT2D eigenvalue weighted by Crippen LogP contribution is 2.28. The van der Waals surface area contributed by atoms with Gasteiger partial charge in [-0.15, -0.1) is 0 Å². The van der Waals surface area contributed by atoms with Crippen LogP contribution in [0.2, 0.25) is 5.15 Å². The van der Waals surface area contributed by atoms with Gasteiger partial charge in [-0.25, -0.2) is 9.97 Å². The van der Waals surface area contributed by atoms with Crippen LogP contribution in [-0.4, -0.2) is 33.4 Å². The molecule has 1 aromatic heterocycles. The van der Waals surface area contributed by atoms with Crippen LogP contribution in [-0.2, 0) is 4.79 Å². The number of aromatic nitrogens is 2. The molecule has 1 amide bonds. The Morgan fingerprint density at radius 2 is 2.39 bits per heavy atom. The number of carbonyl (C=O) groups excluding carboxylic acids is 1. The van der Waals surface area contributed by atoms with Crippen LogP contribution in [0.25, 0.3) is 0 Å². The lowest BCUT2D eigenvalue weighted by atomic mass is 10.2. The second-order valence-electron chi connectivity index (χ2n) is 3.80. The average Bonchev–Trinajstić information content (AvgIpc) is 2.72. The van der Waals surface area contributed by atoms with Crippen LogP contribution in [0.3, 0.4) is 0 Å². The summed E-state index contributed by atoms with van der Waals surface area (Å²) in [6.45, 7) is 0.361. The van der Waals surface area contributed by atoms with Gasteiger partial charge in [0.05, 0.1) is 4.92 Å². The van der Waals surface area contributed by atoms with Gasteiger partial charge < -0.3 is 10.6 Å². The summed E-state index contributed by atoms with van der Waals surface area (Å²) in [5.74, 6) is 0.0400. The predicted molar refractivity (Wildman–Crippen MR) is 63.4 cm³/mol. The molecule has 8 nitrogen and oxygen atoms in total. The van der Waals surface area contributed by atoms with Crippen LogP contribution in [0, 0.1) is 10.1 Å². The van der Waals surface area contributed by atoms with E-state index < -0.39 is 4.92 Å². The van der Waals surface area contributed by atoms with E-state index in [-0.39, 0.29) is 28.6 Å². The van der Waals surface area contributed by atoms with E-state index in [9.17, 15) is 14.9 Å². The van der Waals surface area contributed by atoms with Gasteiger partial charge in [0.2, 0.25) is 16.9 Å². The lowest BCUT2D eigenvalue weighted by Crippen LogP contribution is -2.32. The number of nitrogens with one attached hydrogen (secondary N) is 2. The SMILES string of the molecule is O=C1CCC(CNc2ncnc(Cl)c2[N+](=O)[O-])N1. The molecule has 0 bridgehead atoms. The standard InChI is InChI=1S/C9H10ClN5O3/c10-8-7(15(17)18)9(13-4-12-8)11-3-5-1-2-6(16)14-5/h4-5H,1-3H2,(H,14,16)(H,11,12,13). The summed E-state index contributed by atoms with van der Waals surface area (Å²) in [5, 5.41) is 16.2. The van der Waals surface area contributed by atoms with Gasteiger partial charge in [-0.05, 0) is 6.42 Å². The molecular weight excluding hydrogens is 262 g/mol. The Balaban J connectivity index is 2.07. The van der Waals surface area contributed by atoms with Crippen molar-refractivity contribution in [2.75, 3.05) is 11.9 Å². The van der Waals surface area contributed by atoms with Gasteiger partial charge in [0.15, 0.2) is 0 Å². The largest absolute Gasteiger partial charge is 0.362 e. The van der Waals surface area contributed by atoms with Crippen molar-refractivity contribution >= 4 is 29.0 Å². The highest BCUT2D eigenvalue weighted by atomic mass is 35.5. The number of amides is 1. The van der Waals surface area contributed by atoms with Gasteiger partial charge in [-0.3, -0.25) is 14.9 Å². The van der Waals surface area contributed by atoms with Crippen LogP contribution < -0.4 is 10.6 Å². The third-order valence-corrected chi connectivity index (χ3v) is 2.84. The molecule has 2 heterocycles. The van der Waals surface area contributed by atoms with E-state index in [1.54, 1.807) is 0 Å². The molecule has 1 unspecified atom stereocenters. The van der Waals surface area contributed by atoms with Gasteiger partial charge in [-0.1, -0.05) is 11.6 Å². The number of rotatable bonds is 4. The molecule has 0 radical (unpaired) electrons. The first-order valence-corrected chi connectivity index (χ1v) is 5.64. The Morgan fingerprint density at radius 1 is 1.61 bits per heavy atom. The predicted octanol–water partition coefficient (Wildman–Crippen LogP) is 0.729. The molecule has 0 saturated carbocycles. The fourth-order valence-electron chi connectivity index (χ4n) is 1.70. The maximum absolute atomic E-state index is 11.0. The number of hydrogen-bond acceptors (Lipinski definition) is 6. The molecule has 1 atom stereocenters. The minimum Gasteiger partial charge on any atom is -0.362 e. The lowest BCUT2D eigenvalue weighted by molar-refractivity contribution is -0.384. The number of hydrogen-bond donors (Lipinski definition) is 2. The van der Waals surface area contributed by atoms with Crippen molar-refractivity contribution in [3.63, 3.8) is 0 Å². The molecule has 0 aliphatic carbocycles. The Bertz CT molecular complexity index is 495. The first kappa shape index (κ1) is 12.5. The van der Waals surface area contributed by atoms with E-state index in [2.05, 4.69) is 20.6 Å². The normalized spacial score (nSPS) is 18.5. The quantitative estimate of drug-likeness (QED) is 0.474. The summed E-state index contributed by atoms with van der Waals surface area (Å²) in [7, 11) is 0. The maximum Gasteiger partial charge on any atom is 0.348 e. The zero-order chi connectivity index (χ0) is 13.1. The van der Waals surface area contributed by atoms with Gasteiger partial charge >= 0.3 is 5.69 Å². The zero-order valence-electron chi connectivity index (χ0n) is 9.22. The Labute approximate surface area is 107 Å². The van der Waals surface area contributed by atoms with Gasteiger partial charge in [0.1, 0.15) is 6.33 Å². The van der Waals surface area contributed by atoms with Crippen LogP contribution in [0.1, 0.15) is 12.8 Å². The summed E-state index contributed by atoms with van der Waals surface area (Å²) in [4.78, 5) is 28.5. The molecule has 96 valence electrons. The van der Waals surface area contributed by atoms with E-state index in [0.717, 1.165) is 6.33 Å². The van der Waals surface area contributed by atoms with Crippen molar-refractivity contribution in [3.05, 3.63) is 21.6 Å². The van der Waals surface area contributed by atoms with Gasteiger partial charge in [0, 0.05) is 19.0 Å². The minimum atomic E-state index is -0.641. The van der Waals surface area contributed by atoms with Crippen molar-refractivity contribution in [2.24, 2.45) is 0 Å². The first-order chi connectivity index (χ1) is 8.58. The number of halogens is 1. The highest BCUT2D eigenvalue weighted by molar-refractivity contribution is 6.31. The molecule has 1 aliphatic rings. The maximum atomic E-state index is 11.0. The van der Waals surface area contributed by atoms with Crippen molar-refractivity contribution in [2.45, 2.75) is 18.9 Å². The monoisotopic (exact) mass is 271 g/mol. The Kier molecular flexibility index (Phi) is 3.56. The molecule has 1 aliphatic heterocycles. The van der Waals surface area contributed by atoms with E-state index in [0.29, 0.717) is 19.4 Å². The molecule has 1 saturated heterocycles. The van der Waals surface area contributed by atoms with Gasteiger partial charge in [-0.2, -0.15) is 0 Å². The van der Waals surface area contributed by atoms with Crippen LogP contribution in [0.15, 0.2) is 6.33 Å². The van der Waals surface area contributed by atoms with E-state index >= 15 is 0 Å². The Hall–Kier alpha value is -1.96. The van der Waals surface area contributed by atoms with Crippen LogP contribution in [0.5, 0.6) is 0 Å². The summed E-state index contributed by atoms with van der Waals surface area (Å²) < 4.78 is 0. The topological polar surface area (TPSA) is 110 Å². The summed E-state index contributed by atoms with van der Waals surface area (Å²) in [6.07, 6.45) is 2.31. The third-order valence-electron chi connectivity index (χ3n) is 2.56. The highest BCUT2D eigenvalue weighted by Gasteiger charge is 2.24. The molecule has 2 rings (SSSR count). The number of nitrogens with zero attached hydrogens (tertiary/aromatic N) is 3. The third kappa shape index (κ3) is 2.65. The first-order valence-electron chi connectivity index (χ1n) is 5.26. The summed E-state index contributed by atoms with van der Waals surface area (Å²) in [6, 6.07) is -0.0501. The molecule has 2 N–H and O–H groups in total. The van der Waals surface area contributed by atoms with E-state index in [1.807, 2.05) is 0 Å². The molecule has 9 heteroatoms. The zero-order valence-corrected chi connectivity index (χ0v) is 9.98. The number of carbonyl (C=O) groups is 1. The average molecular weight is 272 g/mol. The van der Waals surface area contributed by atoms with E-state index in [4.69, 9.17) is 11.6 Å². The van der Waals surface area contributed by atoms with Crippen molar-refractivity contribution in [1.82, 2.24) is 15.3 Å². The smallest absolute Gasteiger partial charge is 0.348 e. The van der Waals surface area contributed by atoms with E-state index in [1.165, 1.54) is 0 Å². The number of anilines is 1. The van der Waals surface area contributed by atoms with Gasteiger partial charge in [0.25, 0.3) is 0 Å². The molecule has 0 aromatic carbocycles. The summed E-state index contributed by atoms with van der Waals surface area (Å²) in [5.41, 5.74) is -0.358. The molecule has 18 heavy (non-hydrogen) atoms. The van der Waals surface area contributed by atoms with Crippen molar-refractivity contribution < 1.29 is 9.72 Å². The fraction of sp³-hybridized carbons (Fsp3) is 0.444. The second-order valence-corrected chi connectivity index (χ2v) is 4.16. The van der Waals surface area contributed by atoms with Crippen LogP contribution in [0.4, 0.5) is 11.5 Å².